The van der Waals surface area contributed by atoms with Gasteiger partial charge in [0.05, 0.1) is 39.9 Å². The molecule has 45 heavy (non-hydrogen) atoms. The summed E-state index contributed by atoms with van der Waals surface area (Å²) in [5.41, 5.74) is 0. The molecule has 0 aliphatic heterocycles. The van der Waals surface area contributed by atoms with Crippen LogP contribution in [0.3, 0.4) is 0 Å². The number of amides is 1. The highest BCUT2D eigenvalue weighted by Crippen LogP contribution is 2.43. The molecule has 0 saturated carbocycles. The number of rotatable bonds is 31. The molecule has 0 aliphatic carbocycles. The molecule has 0 aromatic heterocycles. The molecule has 3 N–H and O–H groups in total. The predicted molar refractivity (Wildman–Crippen MR) is 189 cm³/mol. The number of nitrogens with one attached hydrogen (secondary N) is 1. The first kappa shape index (κ1) is 43.7. The maximum atomic E-state index is 12.2. The first-order chi connectivity index (χ1) is 21.5. The van der Waals surface area contributed by atoms with Crippen LogP contribution in [0.25, 0.3) is 0 Å². The topological polar surface area (TPSA) is 105 Å². The molecular formula is C36H70N2O6P+. The van der Waals surface area contributed by atoms with Gasteiger partial charge in [0, 0.05) is 6.92 Å². The third-order valence-corrected chi connectivity index (χ3v) is 8.61. The summed E-state index contributed by atoms with van der Waals surface area (Å²) in [7, 11) is 1.53. The summed E-state index contributed by atoms with van der Waals surface area (Å²) in [5, 5.41) is 13.1. The minimum absolute atomic E-state index is 0.0495. The zero-order valence-corrected chi connectivity index (χ0v) is 30.5. The van der Waals surface area contributed by atoms with Crippen molar-refractivity contribution in [1.82, 2.24) is 5.32 Å². The minimum atomic E-state index is -4.30. The number of phosphoric acid groups is 1. The maximum Gasteiger partial charge on any atom is 0.472 e. The number of unbranched alkanes of at least 4 members (excludes halogenated alkanes) is 16. The molecule has 1 amide bonds. The molecule has 3 atom stereocenters. The average molecular weight is 658 g/mol. The Morgan fingerprint density at radius 1 is 0.733 bits per heavy atom. The van der Waals surface area contributed by atoms with E-state index >= 15 is 0 Å². The Balaban J connectivity index is 3.90. The van der Waals surface area contributed by atoms with Crippen molar-refractivity contribution < 1.29 is 32.9 Å². The highest BCUT2D eigenvalue weighted by molar-refractivity contribution is 7.47. The SMILES string of the molecule is CCCCCCCCCCCCCCCC/C=C/CC/C=C/CC/C=C/C(O)C(COP(=O)(O)OCC[N+](C)(C)C)NC(C)=O. The first-order valence-electron chi connectivity index (χ1n) is 17.8. The van der Waals surface area contributed by atoms with Crippen molar-refractivity contribution in [2.45, 2.75) is 148 Å². The summed E-state index contributed by atoms with van der Waals surface area (Å²) in [5.74, 6) is -0.369. The number of likely N-dealkylation sites (N-methyl/N-ethyl adjacent to an activating group) is 1. The normalized spacial score (nSPS) is 15.3. The fourth-order valence-corrected chi connectivity index (χ4v) is 5.55. The smallest absolute Gasteiger partial charge is 0.387 e. The number of allylic oxidation sites excluding steroid dienone is 5. The van der Waals surface area contributed by atoms with Crippen LogP contribution in [0.4, 0.5) is 0 Å². The lowest BCUT2D eigenvalue weighted by Gasteiger charge is -2.25. The predicted octanol–water partition coefficient (Wildman–Crippen LogP) is 8.79. The Morgan fingerprint density at radius 3 is 1.64 bits per heavy atom. The van der Waals surface area contributed by atoms with Gasteiger partial charge in [0.1, 0.15) is 13.2 Å². The molecule has 0 rings (SSSR count). The Kier molecular flexibility index (Phi) is 28.1. The lowest BCUT2D eigenvalue weighted by molar-refractivity contribution is -0.870. The molecule has 0 aromatic rings. The molecule has 0 radical (unpaired) electrons. The van der Waals surface area contributed by atoms with Crippen molar-refractivity contribution in [2.24, 2.45) is 0 Å². The van der Waals surface area contributed by atoms with Gasteiger partial charge in [-0.2, -0.15) is 0 Å². The fourth-order valence-electron chi connectivity index (χ4n) is 4.81. The molecule has 0 saturated heterocycles. The molecule has 9 heteroatoms. The number of hydrogen-bond acceptors (Lipinski definition) is 5. The Bertz CT molecular complexity index is 840. The van der Waals surface area contributed by atoms with E-state index in [1.165, 1.54) is 103 Å². The number of phosphoric ester groups is 1. The van der Waals surface area contributed by atoms with Crippen molar-refractivity contribution >= 4 is 13.7 Å². The van der Waals surface area contributed by atoms with Crippen molar-refractivity contribution in [3.8, 4) is 0 Å². The van der Waals surface area contributed by atoms with Gasteiger partial charge in [-0.05, 0) is 38.5 Å². The van der Waals surface area contributed by atoms with Gasteiger partial charge >= 0.3 is 7.82 Å². The van der Waals surface area contributed by atoms with Gasteiger partial charge in [0.25, 0.3) is 0 Å². The van der Waals surface area contributed by atoms with E-state index in [-0.39, 0.29) is 19.1 Å². The Morgan fingerprint density at radius 2 is 1.18 bits per heavy atom. The maximum absolute atomic E-state index is 12.2. The number of nitrogens with zero attached hydrogens (tertiary/aromatic N) is 1. The summed E-state index contributed by atoms with van der Waals surface area (Å²) < 4.78 is 22.8. The second-order valence-electron chi connectivity index (χ2n) is 13.3. The van der Waals surface area contributed by atoms with E-state index in [9.17, 15) is 19.4 Å². The number of aliphatic hydroxyl groups is 1. The molecule has 8 nitrogen and oxygen atoms in total. The Hall–Kier alpha value is -1.28. The van der Waals surface area contributed by atoms with Crippen molar-refractivity contribution in [3.63, 3.8) is 0 Å². The van der Waals surface area contributed by atoms with E-state index in [2.05, 4.69) is 36.5 Å². The molecule has 3 unspecified atom stereocenters. The quantitative estimate of drug-likeness (QED) is 0.0298. The second-order valence-corrected chi connectivity index (χ2v) is 14.8. The summed E-state index contributed by atoms with van der Waals surface area (Å²) in [6.45, 7) is 3.82. The van der Waals surface area contributed by atoms with E-state index in [1.54, 1.807) is 6.08 Å². The van der Waals surface area contributed by atoms with Gasteiger partial charge in [-0.1, -0.05) is 127 Å². The first-order valence-corrected chi connectivity index (χ1v) is 19.3. The van der Waals surface area contributed by atoms with Crippen LogP contribution >= 0.6 is 7.82 Å². The molecule has 0 fully saturated rings. The van der Waals surface area contributed by atoms with E-state index in [4.69, 9.17) is 9.05 Å². The zero-order chi connectivity index (χ0) is 33.7. The third-order valence-electron chi connectivity index (χ3n) is 7.63. The molecule has 0 bridgehead atoms. The number of carbonyl (C=O) groups excluding carboxylic acids is 1. The van der Waals surface area contributed by atoms with Gasteiger partial charge in [0.15, 0.2) is 0 Å². The van der Waals surface area contributed by atoms with Crippen LogP contribution in [0, 0.1) is 0 Å². The number of carbonyl (C=O) groups is 1. The molecule has 0 aliphatic rings. The number of aliphatic hydroxyl groups excluding tert-OH is 1. The molecule has 0 heterocycles. The fraction of sp³-hybridized carbons (Fsp3) is 0.806. The van der Waals surface area contributed by atoms with E-state index < -0.39 is 20.0 Å². The largest absolute Gasteiger partial charge is 0.472 e. The molecule has 264 valence electrons. The van der Waals surface area contributed by atoms with Crippen LogP contribution in [0.1, 0.15) is 136 Å². The number of quaternary nitrogens is 1. The molecule has 0 aromatic carbocycles. The van der Waals surface area contributed by atoms with Crippen LogP contribution in [0.15, 0.2) is 36.5 Å². The van der Waals surface area contributed by atoms with Crippen molar-refractivity contribution in [3.05, 3.63) is 36.5 Å². The van der Waals surface area contributed by atoms with E-state index in [0.29, 0.717) is 11.0 Å². The van der Waals surface area contributed by atoms with Crippen LogP contribution < -0.4 is 5.32 Å². The van der Waals surface area contributed by atoms with Gasteiger partial charge in [-0.25, -0.2) is 4.57 Å². The van der Waals surface area contributed by atoms with Crippen LogP contribution in [0.5, 0.6) is 0 Å². The van der Waals surface area contributed by atoms with Gasteiger partial charge in [-0.3, -0.25) is 13.8 Å². The third kappa shape index (κ3) is 32.5. The second kappa shape index (κ2) is 28.9. The van der Waals surface area contributed by atoms with Crippen molar-refractivity contribution in [2.75, 3.05) is 40.9 Å². The summed E-state index contributed by atoms with van der Waals surface area (Å²) in [6.07, 6.45) is 35.7. The highest BCUT2D eigenvalue weighted by Gasteiger charge is 2.27. The van der Waals surface area contributed by atoms with E-state index in [0.717, 1.165) is 25.7 Å². The lowest BCUT2D eigenvalue weighted by Crippen LogP contribution is -2.44. The summed E-state index contributed by atoms with van der Waals surface area (Å²) in [4.78, 5) is 21.5. The van der Waals surface area contributed by atoms with Crippen LogP contribution in [-0.2, 0) is 18.4 Å². The minimum Gasteiger partial charge on any atom is -0.387 e. The lowest BCUT2D eigenvalue weighted by atomic mass is 10.0. The Labute approximate surface area is 276 Å². The standard InChI is InChI=1S/C36H69N2O6P/c1-6-7-8-9-10-11-12-13-14-15-16-17-18-19-20-21-22-23-24-25-26-27-28-29-30-36(40)35(37-34(2)39)33-44-45(41,42)43-32-31-38(3,4)5/h21-22,25-26,29-30,35-36,40H,6-20,23-24,27-28,31-33H2,1-5H3,(H-,37,39,41,42)/p+1/b22-21+,26-25+,30-29+. The van der Waals surface area contributed by atoms with Crippen molar-refractivity contribution in [1.29, 1.82) is 0 Å². The summed E-state index contributed by atoms with van der Waals surface area (Å²) in [6, 6.07) is -0.868. The highest BCUT2D eigenvalue weighted by atomic mass is 31.2. The average Bonchev–Trinajstić information content (AvgIpc) is 2.96. The van der Waals surface area contributed by atoms with Gasteiger partial charge < -0.3 is 19.8 Å². The van der Waals surface area contributed by atoms with Gasteiger partial charge in [0.2, 0.25) is 5.91 Å². The summed E-state index contributed by atoms with van der Waals surface area (Å²) >= 11 is 0. The van der Waals surface area contributed by atoms with Crippen LogP contribution in [-0.4, -0.2) is 73.4 Å². The number of hydrogen-bond donors (Lipinski definition) is 3. The van der Waals surface area contributed by atoms with E-state index in [1.807, 2.05) is 27.2 Å². The molecule has 0 spiro atoms. The molecular weight excluding hydrogens is 587 g/mol. The monoisotopic (exact) mass is 657 g/mol. The van der Waals surface area contributed by atoms with Gasteiger partial charge in [-0.15, -0.1) is 0 Å². The zero-order valence-electron chi connectivity index (χ0n) is 29.6. The van der Waals surface area contributed by atoms with Crippen LogP contribution in [0.2, 0.25) is 0 Å².